The van der Waals surface area contributed by atoms with E-state index < -0.39 is 0 Å². The van der Waals surface area contributed by atoms with E-state index in [2.05, 4.69) is 106 Å². The Morgan fingerprint density at radius 2 is 1.81 bits per heavy atom. The van der Waals surface area contributed by atoms with Crippen LogP contribution >= 0.6 is 45.2 Å². The first-order valence-electron chi connectivity index (χ1n) is 8.57. The van der Waals surface area contributed by atoms with E-state index in [0.29, 0.717) is 0 Å². The SMILES string of the molecule is CCN(CC)c1ccc2c(c1)Oc1c(I)c(N)c3ccc(I)cc3c1N2. The second-order valence-electron chi connectivity index (χ2n) is 6.20. The third-order valence-corrected chi connectivity index (χ3v) is 6.51. The maximum Gasteiger partial charge on any atom is 0.167 e. The van der Waals surface area contributed by atoms with Crippen LogP contribution in [0.1, 0.15) is 13.8 Å². The first-order chi connectivity index (χ1) is 12.5. The van der Waals surface area contributed by atoms with Crippen LogP contribution in [0.25, 0.3) is 10.8 Å². The summed E-state index contributed by atoms with van der Waals surface area (Å²) in [6.07, 6.45) is 0. The highest BCUT2D eigenvalue weighted by Crippen LogP contribution is 2.51. The summed E-state index contributed by atoms with van der Waals surface area (Å²) in [5.41, 5.74) is 10.3. The zero-order chi connectivity index (χ0) is 18.4. The number of nitrogen functional groups attached to an aromatic ring is 1. The molecular weight excluding hydrogens is 552 g/mol. The summed E-state index contributed by atoms with van der Waals surface area (Å²) >= 11 is 4.60. The maximum absolute atomic E-state index is 6.41. The Hall–Kier alpha value is -1.42. The van der Waals surface area contributed by atoms with Gasteiger partial charge in [0.15, 0.2) is 11.5 Å². The van der Waals surface area contributed by atoms with Crippen LogP contribution in [0.3, 0.4) is 0 Å². The molecule has 0 unspecified atom stereocenters. The molecule has 0 radical (unpaired) electrons. The molecule has 0 spiro atoms. The molecule has 0 aliphatic carbocycles. The van der Waals surface area contributed by atoms with Crippen LogP contribution < -0.4 is 20.7 Å². The number of nitrogens with two attached hydrogens (primary N) is 1. The molecule has 26 heavy (non-hydrogen) atoms. The van der Waals surface area contributed by atoms with Crippen molar-refractivity contribution in [3.8, 4) is 11.5 Å². The summed E-state index contributed by atoms with van der Waals surface area (Å²) in [6, 6.07) is 12.6. The normalized spacial score (nSPS) is 12.2. The third kappa shape index (κ3) is 2.87. The van der Waals surface area contributed by atoms with Crippen LogP contribution in [0.15, 0.2) is 36.4 Å². The van der Waals surface area contributed by atoms with Crippen molar-refractivity contribution in [2.24, 2.45) is 0 Å². The summed E-state index contributed by atoms with van der Waals surface area (Å²) in [6.45, 7) is 6.25. The lowest BCUT2D eigenvalue weighted by Crippen LogP contribution is -2.21. The van der Waals surface area contributed by atoms with E-state index in [0.717, 1.165) is 61.7 Å². The van der Waals surface area contributed by atoms with E-state index in [1.54, 1.807) is 0 Å². The van der Waals surface area contributed by atoms with Crippen molar-refractivity contribution in [3.63, 3.8) is 0 Å². The van der Waals surface area contributed by atoms with Gasteiger partial charge in [0, 0.05) is 39.2 Å². The smallest absolute Gasteiger partial charge is 0.167 e. The predicted octanol–water partition coefficient (Wildman–Crippen LogP) is 6.33. The summed E-state index contributed by atoms with van der Waals surface area (Å²) in [5, 5.41) is 5.71. The summed E-state index contributed by atoms with van der Waals surface area (Å²) < 4.78 is 8.45. The molecule has 3 N–H and O–H groups in total. The van der Waals surface area contributed by atoms with Crippen molar-refractivity contribution in [3.05, 3.63) is 43.5 Å². The minimum atomic E-state index is 0.765. The fraction of sp³-hybridized carbons (Fsp3) is 0.200. The Morgan fingerprint density at radius 1 is 1.04 bits per heavy atom. The van der Waals surface area contributed by atoms with Gasteiger partial charge in [0.05, 0.1) is 20.6 Å². The van der Waals surface area contributed by atoms with Gasteiger partial charge in [-0.1, -0.05) is 6.07 Å². The number of benzene rings is 3. The molecule has 134 valence electrons. The van der Waals surface area contributed by atoms with Crippen LogP contribution in [0.2, 0.25) is 0 Å². The molecule has 0 fully saturated rings. The van der Waals surface area contributed by atoms with E-state index >= 15 is 0 Å². The zero-order valence-electron chi connectivity index (χ0n) is 14.6. The molecule has 1 heterocycles. The molecule has 0 bridgehead atoms. The number of anilines is 4. The molecule has 6 heteroatoms. The fourth-order valence-electron chi connectivity index (χ4n) is 3.38. The van der Waals surface area contributed by atoms with Crippen LogP contribution in [-0.4, -0.2) is 13.1 Å². The number of nitrogens with zero attached hydrogens (tertiary/aromatic N) is 1. The van der Waals surface area contributed by atoms with Crippen LogP contribution in [0.5, 0.6) is 11.5 Å². The Kier molecular flexibility index (Phi) is 4.81. The summed E-state index contributed by atoms with van der Waals surface area (Å²) in [7, 11) is 0. The largest absolute Gasteiger partial charge is 0.452 e. The zero-order valence-corrected chi connectivity index (χ0v) is 18.9. The van der Waals surface area contributed by atoms with E-state index in [1.165, 1.54) is 3.57 Å². The van der Waals surface area contributed by atoms with Crippen molar-refractivity contribution in [1.29, 1.82) is 0 Å². The van der Waals surface area contributed by atoms with Gasteiger partial charge in [-0.2, -0.15) is 0 Å². The van der Waals surface area contributed by atoms with Crippen molar-refractivity contribution in [2.75, 3.05) is 29.0 Å². The van der Waals surface area contributed by atoms with E-state index in [-0.39, 0.29) is 0 Å². The average Bonchev–Trinajstić information content (AvgIpc) is 2.66. The van der Waals surface area contributed by atoms with Crippen molar-refractivity contribution in [2.45, 2.75) is 13.8 Å². The maximum atomic E-state index is 6.41. The number of hydrogen-bond donors (Lipinski definition) is 2. The lowest BCUT2D eigenvalue weighted by atomic mass is 10.0. The number of halogens is 2. The monoisotopic (exact) mass is 571 g/mol. The van der Waals surface area contributed by atoms with Gasteiger partial charge in [-0.25, -0.2) is 0 Å². The first kappa shape index (κ1) is 18.0. The van der Waals surface area contributed by atoms with Gasteiger partial charge >= 0.3 is 0 Å². The predicted molar refractivity (Wildman–Crippen MR) is 127 cm³/mol. The van der Waals surface area contributed by atoms with E-state index in [4.69, 9.17) is 10.5 Å². The molecule has 0 saturated carbocycles. The van der Waals surface area contributed by atoms with Crippen LogP contribution in [0, 0.1) is 7.14 Å². The molecule has 0 amide bonds. The van der Waals surface area contributed by atoms with Gasteiger partial charge in [0.1, 0.15) is 0 Å². The number of rotatable bonds is 3. The van der Waals surface area contributed by atoms with Crippen molar-refractivity contribution in [1.82, 2.24) is 0 Å². The number of hydrogen-bond acceptors (Lipinski definition) is 4. The second-order valence-corrected chi connectivity index (χ2v) is 8.53. The van der Waals surface area contributed by atoms with Crippen LogP contribution in [0.4, 0.5) is 22.7 Å². The Bertz CT molecular complexity index is 1020. The first-order valence-corrected chi connectivity index (χ1v) is 10.7. The quantitative estimate of drug-likeness (QED) is 0.223. The van der Waals surface area contributed by atoms with Crippen molar-refractivity contribution < 1.29 is 4.74 Å². The fourth-order valence-corrected chi connectivity index (χ4v) is 4.54. The molecule has 0 atom stereocenters. The van der Waals surface area contributed by atoms with Gasteiger partial charge in [-0.15, -0.1) is 0 Å². The third-order valence-electron chi connectivity index (χ3n) is 4.77. The summed E-state index contributed by atoms with van der Waals surface area (Å²) in [4.78, 5) is 2.31. The summed E-state index contributed by atoms with van der Waals surface area (Å²) in [5.74, 6) is 1.64. The highest BCUT2D eigenvalue weighted by molar-refractivity contribution is 14.1. The topological polar surface area (TPSA) is 50.5 Å². The van der Waals surface area contributed by atoms with Gasteiger partial charge in [-0.3, -0.25) is 0 Å². The standard InChI is InChI=1S/C20H19I2N3O/c1-3-25(4-2)12-6-8-15-16(10-12)26-20-17(22)18(23)13-7-5-11(21)9-14(13)19(20)24-15/h5-10,24H,3-4,23H2,1-2H3. The lowest BCUT2D eigenvalue weighted by Gasteiger charge is -2.28. The molecule has 1 aliphatic heterocycles. The van der Waals surface area contributed by atoms with Gasteiger partial charge in [0.2, 0.25) is 0 Å². The average molecular weight is 571 g/mol. The van der Waals surface area contributed by atoms with E-state index in [1.807, 2.05) is 0 Å². The Labute approximate surface area is 180 Å². The van der Waals surface area contributed by atoms with Gasteiger partial charge in [0.25, 0.3) is 0 Å². The highest BCUT2D eigenvalue weighted by atomic mass is 127. The molecule has 0 saturated heterocycles. The number of nitrogens with one attached hydrogen (secondary N) is 1. The van der Waals surface area contributed by atoms with Crippen molar-refractivity contribution >= 4 is 78.7 Å². The molecule has 4 nitrogen and oxygen atoms in total. The minimum absolute atomic E-state index is 0.765. The Morgan fingerprint density at radius 3 is 2.54 bits per heavy atom. The minimum Gasteiger partial charge on any atom is -0.452 e. The second kappa shape index (κ2) is 6.95. The van der Waals surface area contributed by atoms with E-state index in [9.17, 15) is 0 Å². The number of ether oxygens (including phenoxy) is 1. The molecule has 3 aromatic rings. The molecular formula is C20H19I2N3O. The number of fused-ring (bicyclic) bond motifs is 4. The highest BCUT2D eigenvalue weighted by Gasteiger charge is 2.24. The molecule has 0 aromatic heterocycles. The molecule has 3 aromatic carbocycles. The molecule has 4 rings (SSSR count). The van der Waals surface area contributed by atoms with Crippen LogP contribution in [-0.2, 0) is 0 Å². The molecule has 1 aliphatic rings. The van der Waals surface area contributed by atoms with Gasteiger partial charge < -0.3 is 20.7 Å². The lowest BCUT2D eigenvalue weighted by molar-refractivity contribution is 0.479. The Balaban J connectivity index is 1.88. The van der Waals surface area contributed by atoms with Gasteiger partial charge in [-0.05, 0) is 83.3 Å².